The van der Waals surface area contributed by atoms with Crippen molar-refractivity contribution in [2.75, 3.05) is 20.2 Å². The molecule has 0 spiro atoms. The van der Waals surface area contributed by atoms with Crippen molar-refractivity contribution in [3.63, 3.8) is 0 Å². The summed E-state index contributed by atoms with van der Waals surface area (Å²) < 4.78 is 35.5. The number of hydrogen-bond acceptors (Lipinski definition) is 7. The van der Waals surface area contributed by atoms with Crippen LogP contribution in [0.5, 0.6) is 5.75 Å². The fourth-order valence-electron chi connectivity index (χ4n) is 4.60. The first kappa shape index (κ1) is 24.8. The minimum atomic E-state index is -3.79. The maximum atomic E-state index is 13.5. The molecule has 1 N–H and O–H groups in total. The number of rotatable bonds is 7. The average Bonchev–Trinajstić information content (AvgIpc) is 3.57. The number of nitrogens with zero attached hydrogens (tertiary/aromatic N) is 5. The second-order valence-corrected chi connectivity index (χ2v) is 10.9. The molecule has 0 saturated carbocycles. The Morgan fingerprint density at radius 3 is 2.59 bits per heavy atom. The van der Waals surface area contributed by atoms with Gasteiger partial charge in [0.15, 0.2) is 11.3 Å². The van der Waals surface area contributed by atoms with E-state index in [9.17, 15) is 13.2 Å². The summed E-state index contributed by atoms with van der Waals surface area (Å²) in [6.07, 6.45) is 3.30. The van der Waals surface area contributed by atoms with Gasteiger partial charge in [-0.25, -0.2) is 17.9 Å². The van der Waals surface area contributed by atoms with Crippen molar-refractivity contribution < 1.29 is 17.9 Å². The highest BCUT2D eigenvalue weighted by atomic mass is 32.2. The second kappa shape index (κ2) is 9.91. The first-order valence-electron chi connectivity index (χ1n) is 12.0. The number of methoxy groups -OCH3 is 1. The molecule has 1 fully saturated rings. The monoisotopic (exact) mass is 520 g/mol. The van der Waals surface area contributed by atoms with Crippen LogP contribution in [0.15, 0.2) is 53.6 Å². The molecular formula is C26H28N6O4S. The number of carbonyl (C=O) groups is 1. The fraction of sp³-hybridized carbons (Fsp3) is 0.308. The number of hydrogen-bond donors (Lipinski definition) is 1. The summed E-state index contributed by atoms with van der Waals surface area (Å²) in [4.78, 5) is 22.4. The van der Waals surface area contributed by atoms with Crippen LogP contribution in [0.2, 0.25) is 0 Å². The highest BCUT2D eigenvalue weighted by Gasteiger charge is 2.31. The maximum Gasteiger partial charge on any atom is 0.272 e. The molecule has 11 heteroatoms. The third kappa shape index (κ3) is 4.67. The minimum absolute atomic E-state index is 0.0537. The molecule has 1 aliphatic heterocycles. The predicted molar refractivity (Wildman–Crippen MR) is 138 cm³/mol. The van der Waals surface area contributed by atoms with Crippen LogP contribution in [0, 0.1) is 13.8 Å². The number of pyridine rings is 1. The molecule has 1 amide bonds. The standard InChI is InChI=1S/C26H28N6O4S/c1-17-14-18(2)32-25(29-17)23(24(30-32)26(33)28-16-20-8-4-5-11-27-20)19-9-10-21(36-3)22(15-19)37(34,35)31-12-6-7-13-31/h4-5,8-11,14-15H,6-7,12-13,16H2,1-3H3,(H,28,33). The largest absolute Gasteiger partial charge is 0.495 e. The molecule has 4 aromatic rings. The van der Waals surface area contributed by atoms with Crippen LogP contribution < -0.4 is 10.1 Å². The zero-order chi connectivity index (χ0) is 26.2. The van der Waals surface area contributed by atoms with E-state index in [1.807, 2.05) is 32.0 Å². The highest BCUT2D eigenvalue weighted by molar-refractivity contribution is 7.89. The summed E-state index contributed by atoms with van der Waals surface area (Å²) in [6, 6.07) is 12.2. The van der Waals surface area contributed by atoms with Crippen molar-refractivity contribution in [2.45, 2.75) is 38.1 Å². The third-order valence-electron chi connectivity index (χ3n) is 6.40. The first-order valence-corrected chi connectivity index (χ1v) is 13.5. The molecule has 37 heavy (non-hydrogen) atoms. The van der Waals surface area contributed by atoms with Crippen molar-refractivity contribution >= 4 is 21.6 Å². The molecule has 192 valence electrons. The molecule has 10 nitrogen and oxygen atoms in total. The zero-order valence-corrected chi connectivity index (χ0v) is 21.7. The van der Waals surface area contributed by atoms with E-state index in [1.165, 1.54) is 11.4 Å². The van der Waals surface area contributed by atoms with E-state index < -0.39 is 15.9 Å². The molecule has 1 aromatic carbocycles. The molecule has 0 aliphatic carbocycles. The lowest BCUT2D eigenvalue weighted by Gasteiger charge is -2.18. The predicted octanol–water partition coefficient (Wildman–Crippen LogP) is 3.13. The number of sulfonamides is 1. The van der Waals surface area contributed by atoms with Gasteiger partial charge in [0.05, 0.1) is 24.9 Å². The normalized spacial score (nSPS) is 14.2. The summed E-state index contributed by atoms with van der Waals surface area (Å²) in [6.45, 7) is 4.89. The zero-order valence-electron chi connectivity index (χ0n) is 20.9. The Morgan fingerprint density at radius 1 is 1.11 bits per heavy atom. The molecule has 0 atom stereocenters. The Morgan fingerprint density at radius 2 is 1.89 bits per heavy atom. The molecule has 1 saturated heterocycles. The van der Waals surface area contributed by atoms with Gasteiger partial charge in [0.2, 0.25) is 10.0 Å². The van der Waals surface area contributed by atoms with Crippen LogP contribution in [-0.4, -0.2) is 58.4 Å². The molecule has 0 radical (unpaired) electrons. The molecular weight excluding hydrogens is 492 g/mol. The smallest absolute Gasteiger partial charge is 0.272 e. The Labute approximate surface area is 215 Å². The van der Waals surface area contributed by atoms with Crippen LogP contribution >= 0.6 is 0 Å². The number of aromatic nitrogens is 4. The number of benzene rings is 1. The summed E-state index contributed by atoms with van der Waals surface area (Å²) in [5.41, 5.74) is 3.83. The minimum Gasteiger partial charge on any atom is -0.495 e. The summed E-state index contributed by atoms with van der Waals surface area (Å²) in [5.74, 6) is -0.170. The van der Waals surface area contributed by atoms with E-state index in [0.29, 0.717) is 35.6 Å². The lowest BCUT2D eigenvalue weighted by molar-refractivity contribution is 0.0945. The van der Waals surface area contributed by atoms with Gasteiger partial charge in [-0.2, -0.15) is 9.40 Å². The quantitative estimate of drug-likeness (QED) is 0.398. The molecule has 4 heterocycles. The summed E-state index contributed by atoms with van der Waals surface area (Å²) in [7, 11) is -2.35. The van der Waals surface area contributed by atoms with E-state index in [0.717, 1.165) is 24.2 Å². The van der Waals surface area contributed by atoms with Crippen LogP contribution in [0.25, 0.3) is 16.8 Å². The van der Waals surface area contributed by atoms with Crippen molar-refractivity contribution in [3.05, 3.63) is 71.4 Å². The van der Waals surface area contributed by atoms with E-state index in [1.54, 1.807) is 35.0 Å². The first-order chi connectivity index (χ1) is 17.8. The van der Waals surface area contributed by atoms with Crippen LogP contribution in [0.3, 0.4) is 0 Å². The summed E-state index contributed by atoms with van der Waals surface area (Å²) >= 11 is 0. The molecule has 5 rings (SSSR count). The highest BCUT2D eigenvalue weighted by Crippen LogP contribution is 2.36. The van der Waals surface area contributed by atoms with Crippen molar-refractivity contribution in [1.82, 2.24) is 29.2 Å². The number of amides is 1. The maximum absolute atomic E-state index is 13.5. The second-order valence-electron chi connectivity index (χ2n) is 8.98. The fourth-order valence-corrected chi connectivity index (χ4v) is 6.30. The van der Waals surface area contributed by atoms with E-state index in [2.05, 4.69) is 20.4 Å². The number of aryl methyl sites for hydroxylation is 2. The van der Waals surface area contributed by atoms with Gasteiger partial charge < -0.3 is 10.1 Å². The SMILES string of the molecule is COc1ccc(-c2c(C(=O)NCc3ccccn3)nn3c(C)cc(C)nc23)cc1S(=O)(=O)N1CCCC1. The van der Waals surface area contributed by atoms with Gasteiger partial charge in [-0.05, 0) is 62.6 Å². The van der Waals surface area contributed by atoms with Gasteiger partial charge in [0, 0.05) is 30.7 Å². The molecule has 0 bridgehead atoms. The Hall–Kier alpha value is -3.83. The van der Waals surface area contributed by atoms with Crippen molar-refractivity contribution in [1.29, 1.82) is 0 Å². The van der Waals surface area contributed by atoms with Gasteiger partial charge in [-0.3, -0.25) is 9.78 Å². The number of nitrogens with one attached hydrogen (secondary N) is 1. The van der Waals surface area contributed by atoms with Gasteiger partial charge in [-0.1, -0.05) is 12.1 Å². The molecule has 1 aliphatic rings. The molecule has 0 unspecified atom stereocenters. The van der Waals surface area contributed by atoms with E-state index in [-0.39, 0.29) is 22.9 Å². The summed E-state index contributed by atoms with van der Waals surface area (Å²) in [5, 5.41) is 7.46. The Balaban J connectivity index is 1.65. The van der Waals surface area contributed by atoms with Gasteiger partial charge in [-0.15, -0.1) is 0 Å². The van der Waals surface area contributed by atoms with Crippen LogP contribution in [-0.2, 0) is 16.6 Å². The van der Waals surface area contributed by atoms with Crippen molar-refractivity contribution in [3.8, 4) is 16.9 Å². The van der Waals surface area contributed by atoms with Gasteiger partial charge in [0.1, 0.15) is 10.6 Å². The lowest BCUT2D eigenvalue weighted by atomic mass is 10.0. The Kier molecular flexibility index (Phi) is 6.65. The van der Waals surface area contributed by atoms with Crippen LogP contribution in [0.4, 0.5) is 0 Å². The Bertz CT molecular complexity index is 1580. The third-order valence-corrected chi connectivity index (χ3v) is 8.32. The molecule has 3 aromatic heterocycles. The average molecular weight is 521 g/mol. The van der Waals surface area contributed by atoms with Crippen LogP contribution in [0.1, 0.15) is 40.4 Å². The topological polar surface area (TPSA) is 119 Å². The van der Waals surface area contributed by atoms with Gasteiger partial charge in [0.25, 0.3) is 5.91 Å². The lowest BCUT2D eigenvalue weighted by Crippen LogP contribution is -2.28. The van der Waals surface area contributed by atoms with Crippen molar-refractivity contribution in [2.24, 2.45) is 0 Å². The van der Waals surface area contributed by atoms with Gasteiger partial charge >= 0.3 is 0 Å². The van der Waals surface area contributed by atoms with E-state index >= 15 is 0 Å². The number of fused-ring (bicyclic) bond motifs is 1. The number of ether oxygens (including phenoxy) is 1. The van der Waals surface area contributed by atoms with E-state index in [4.69, 9.17) is 4.74 Å². The number of carbonyl (C=O) groups excluding carboxylic acids is 1.